The fourth-order valence-corrected chi connectivity index (χ4v) is 1.43. The summed E-state index contributed by atoms with van der Waals surface area (Å²) in [6.07, 6.45) is 1.20. The Bertz CT molecular complexity index is 159. The minimum absolute atomic E-state index is 0.212. The highest BCUT2D eigenvalue weighted by Gasteiger charge is 2.14. The molecule has 0 aliphatic carbocycles. The van der Waals surface area contributed by atoms with Crippen LogP contribution >= 0.6 is 0 Å². The van der Waals surface area contributed by atoms with Crippen LogP contribution in [0.1, 0.15) is 26.7 Å². The van der Waals surface area contributed by atoms with Gasteiger partial charge in [0.1, 0.15) is 0 Å². The van der Waals surface area contributed by atoms with E-state index in [1.54, 1.807) is 6.92 Å². The van der Waals surface area contributed by atoms with E-state index in [9.17, 15) is 5.11 Å². The summed E-state index contributed by atoms with van der Waals surface area (Å²) in [5.74, 6) is 0.212. The van der Waals surface area contributed by atoms with Gasteiger partial charge in [-0.25, -0.2) is 0 Å². The molecule has 0 spiro atoms. The summed E-state index contributed by atoms with van der Waals surface area (Å²) in [5, 5.41) is 16.4. The minimum Gasteiger partial charge on any atom is -0.392 e. The number of likely N-dealkylation sites (N-methyl/N-ethyl adjacent to an activating group) is 1. The molecule has 0 rings (SSSR count). The van der Waals surface area contributed by atoms with Crippen molar-refractivity contribution >= 4 is 5.84 Å². The Labute approximate surface area is 80.2 Å². The van der Waals surface area contributed by atoms with Crippen molar-refractivity contribution in [2.24, 2.45) is 5.73 Å². The van der Waals surface area contributed by atoms with E-state index in [0.717, 1.165) is 6.42 Å². The zero-order chi connectivity index (χ0) is 10.4. The number of nitrogens with one attached hydrogen (secondary N) is 1. The van der Waals surface area contributed by atoms with Gasteiger partial charge in [-0.2, -0.15) is 0 Å². The van der Waals surface area contributed by atoms with Crippen LogP contribution in [0.25, 0.3) is 0 Å². The van der Waals surface area contributed by atoms with Crippen molar-refractivity contribution in [3.8, 4) is 0 Å². The van der Waals surface area contributed by atoms with Gasteiger partial charge in [0.2, 0.25) is 0 Å². The van der Waals surface area contributed by atoms with Crippen molar-refractivity contribution in [2.45, 2.75) is 38.8 Å². The normalized spacial score (nSPS) is 15.8. The molecular formula is C9H21N3O. The fraction of sp³-hybridized carbons (Fsp3) is 0.889. The van der Waals surface area contributed by atoms with Crippen LogP contribution < -0.4 is 5.73 Å². The van der Waals surface area contributed by atoms with Gasteiger partial charge in [0.15, 0.2) is 0 Å². The van der Waals surface area contributed by atoms with Crippen LogP contribution in [0.4, 0.5) is 0 Å². The first-order valence-corrected chi connectivity index (χ1v) is 4.68. The van der Waals surface area contributed by atoms with E-state index in [-0.39, 0.29) is 18.0 Å². The summed E-state index contributed by atoms with van der Waals surface area (Å²) in [4.78, 5) is 2.05. The molecule has 0 aliphatic rings. The highest BCUT2D eigenvalue weighted by Crippen LogP contribution is 2.06. The van der Waals surface area contributed by atoms with E-state index in [1.165, 1.54) is 0 Å². The van der Waals surface area contributed by atoms with Crippen LogP contribution in [0, 0.1) is 5.41 Å². The molecule has 0 bridgehead atoms. The SMILES string of the molecule is CCC(CC(=N)N)N(C)CC(C)O. The molecule has 0 fully saturated rings. The second-order valence-electron chi connectivity index (χ2n) is 3.58. The Hall–Kier alpha value is -0.610. The van der Waals surface area contributed by atoms with E-state index in [4.69, 9.17) is 11.1 Å². The molecule has 4 heteroatoms. The van der Waals surface area contributed by atoms with Gasteiger partial charge >= 0.3 is 0 Å². The van der Waals surface area contributed by atoms with Gasteiger partial charge in [-0.3, -0.25) is 5.41 Å². The van der Waals surface area contributed by atoms with Gasteiger partial charge in [0, 0.05) is 19.0 Å². The second-order valence-corrected chi connectivity index (χ2v) is 3.58. The molecule has 0 saturated heterocycles. The predicted molar refractivity (Wildman–Crippen MR) is 54.9 cm³/mol. The van der Waals surface area contributed by atoms with Crippen molar-refractivity contribution < 1.29 is 5.11 Å². The van der Waals surface area contributed by atoms with Crippen molar-refractivity contribution in [3.05, 3.63) is 0 Å². The first-order valence-electron chi connectivity index (χ1n) is 4.68. The van der Waals surface area contributed by atoms with Gasteiger partial charge in [-0.15, -0.1) is 0 Å². The standard InChI is InChI=1S/C9H21N3O/c1-4-8(5-9(10)11)12(3)6-7(2)13/h7-8,13H,4-6H2,1-3H3,(H3,10,11). The minimum atomic E-state index is -0.328. The Balaban J connectivity index is 3.98. The molecule has 2 unspecified atom stereocenters. The third-order valence-electron chi connectivity index (χ3n) is 2.10. The number of aliphatic hydroxyl groups excluding tert-OH is 1. The molecule has 4 nitrogen and oxygen atoms in total. The molecule has 2 atom stereocenters. The topological polar surface area (TPSA) is 73.3 Å². The zero-order valence-corrected chi connectivity index (χ0v) is 8.75. The summed E-state index contributed by atoms with van der Waals surface area (Å²) in [6, 6.07) is 0.270. The molecule has 0 radical (unpaired) electrons. The quantitative estimate of drug-likeness (QED) is 0.416. The maximum atomic E-state index is 9.17. The first-order chi connectivity index (χ1) is 5.97. The lowest BCUT2D eigenvalue weighted by atomic mass is 10.1. The van der Waals surface area contributed by atoms with E-state index < -0.39 is 0 Å². The van der Waals surface area contributed by atoms with E-state index in [0.29, 0.717) is 13.0 Å². The lowest BCUT2D eigenvalue weighted by molar-refractivity contribution is 0.117. The van der Waals surface area contributed by atoms with Gasteiger partial charge in [-0.1, -0.05) is 6.92 Å². The Morgan fingerprint density at radius 2 is 2.15 bits per heavy atom. The summed E-state index contributed by atoms with van der Waals surface area (Å²) < 4.78 is 0. The van der Waals surface area contributed by atoms with E-state index >= 15 is 0 Å². The Morgan fingerprint density at radius 1 is 1.62 bits per heavy atom. The molecule has 0 aromatic carbocycles. The Morgan fingerprint density at radius 3 is 2.46 bits per heavy atom. The van der Waals surface area contributed by atoms with Crippen LogP contribution in [-0.2, 0) is 0 Å². The maximum Gasteiger partial charge on any atom is 0.0921 e. The molecule has 0 amide bonds. The van der Waals surface area contributed by atoms with Gasteiger partial charge in [0.05, 0.1) is 11.9 Å². The third kappa shape index (κ3) is 5.60. The average Bonchev–Trinajstić information content (AvgIpc) is 1.98. The van der Waals surface area contributed by atoms with E-state index in [1.807, 2.05) is 11.9 Å². The lowest BCUT2D eigenvalue weighted by Crippen LogP contribution is -2.38. The van der Waals surface area contributed by atoms with Crippen LogP contribution in [0.15, 0.2) is 0 Å². The maximum absolute atomic E-state index is 9.17. The van der Waals surface area contributed by atoms with Gasteiger partial charge in [0.25, 0.3) is 0 Å². The molecule has 0 aromatic rings. The fourth-order valence-electron chi connectivity index (χ4n) is 1.43. The molecule has 78 valence electrons. The monoisotopic (exact) mass is 187 g/mol. The summed E-state index contributed by atoms with van der Waals surface area (Å²) in [6.45, 7) is 4.45. The molecule has 0 aliphatic heterocycles. The van der Waals surface area contributed by atoms with Crippen molar-refractivity contribution in [2.75, 3.05) is 13.6 Å². The number of amidine groups is 1. The Kier molecular flexibility index (Phi) is 5.66. The molecule has 0 heterocycles. The highest BCUT2D eigenvalue weighted by molar-refractivity contribution is 5.77. The van der Waals surface area contributed by atoms with Crippen molar-refractivity contribution in [3.63, 3.8) is 0 Å². The summed E-state index contributed by atoms with van der Waals surface area (Å²) in [7, 11) is 1.95. The average molecular weight is 187 g/mol. The third-order valence-corrected chi connectivity index (χ3v) is 2.10. The zero-order valence-electron chi connectivity index (χ0n) is 8.75. The largest absolute Gasteiger partial charge is 0.392 e. The number of hydrogen-bond donors (Lipinski definition) is 3. The van der Waals surface area contributed by atoms with Crippen LogP contribution in [0.5, 0.6) is 0 Å². The number of nitrogens with zero attached hydrogens (tertiary/aromatic N) is 1. The molecular weight excluding hydrogens is 166 g/mol. The number of rotatable bonds is 6. The van der Waals surface area contributed by atoms with Gasteiger partial charge in [-0.05, 0) is 20.4 Å². The van der Waals surface area contributed by atoms with Crippen molar-refractivity contribution in [1.82, 2.24) is 4.90 Å². The highest BCUT2D eigenvalue weighted by atomic mass is 16.3. The number of aliphatic hydroxyl groups is 1. The lowest BCUT2D eigenvalue weighted by Gasteiger charge is -2.27. The molecule has 4 N–H and O–H groups in total. The molecule has 13 heavy (non-hydrogen) atoms. The first kappa shape index (κ1) is 12.4. The van der Waals surface area contributed by atoms with Gasteiger partial charge < -0.3 is 15.7 Å². The van der Waals surface area contributed by atoms with Crippen LogP contribution in [0.2, 0.25) is 0 Å². The number of hydrogen-bond acceptors (Lipinski definition) is 3. The summed E-state index contributed by atoms with van der Waals surface area (Å²) >= 11 is 0. The van der Waals surface area contributed by atoms with Crippen molar-refractivity contribution in [1.29, 1.82) is 5.41 Å². The van der Waals surface area contributed by atoms with Crippen LogP contribution in [-0.4, -0.2) is 41.6 Å². The number of nitrogens with two attached hydrogens (primary N) is 1. The second kappa shape index (κ2) is 5.94. The van der Waals surface area contributed by atoms with Crippen LogP contribution in [0.3, 0.4) is 0 Å². The van der Waals surface area contributed by atoms with E-state index in [2.05, 4.69) is 6.92 Å². The molecule has 0 aromatic heterocycles. The smallest absolute Gasteiger partial charge is 0.0921 e. The predicted octanol–water partition coefficient (Wildman–Crippen LogP) is 0.404. The summed E-state index contributed by atoms with van der Waals surface area (Å²) in [5.41, 5.74) is 5.33. The molecule has 0 saturated carbocycles.